The molecule has 110 valence electrons. The van der Waals surface area contributed by atoms with Crippen LogP contribution in [0.15, 0.2) is 24.3 Å². The molecule has 20 heavy (non-hydrogen) atoms. The lowest BCUT2D eigenvalue weighted by atomic mass is 9.93. The summed E-state index contributed by atoms with van der Waals surface area (Å²) in [5.74, 6) is 1.69. The Morgan fingerprint density at radius 1 is 1.25 bits per heavy atom. The van der Waals surface area contributed by atoms with E-state index in [9.17, 15) is 0 Å². The Morgan fingerprint density at radius 3 is 3.05 bits per heavy atom. The molecule has 0 amide bonds. The van der Waals surface area contributed by atoms with Gasteiger partial charge in [0.2, 0.25) is 0 Å². The Morgan fingerprint density at radius 2 is 2.15 bits per heavy atom. The summed E-state index contributed by atoms with van der Waals surface area (Å²) in [6, 6.07) is 9.24. The van der Waals surface area contributed by atoms with Crippen molar-refractivity contribution in [1.29, 1.82) is 0 Å². The summed E-state index contributed by atoms with van der Waals surface area (Å²) in [7, 11) is 0. The van der Waals surface area contributed by atoms with Gasteiger partial charge in [-0.15, -0.1) is 0 Å². The van der Waals surface area contributed by atoms with Crippen molar-refractivity contribution >= 4 is 0 Å². The molecule has 0 aromatic heterocycles. The third-order valence-corrected chi connectivity index (χ3v) is 4.76. The monoisotopic (exact) mass is 274 g/mol. The molecule has 2 aliphatic heterocycles. The Kier molecular flexibility index (Phi) is 4.58. The quantitative estimate of drug-likeness (QED) is 0.893. The van der Waals surface area contributed by atoms with E-state index in [1.807, 2.05) is 0 Å². The molecule has 3 rings (SSSR count). The number of likely N-dealkylation sites (tertiary alicyclic amines) is 1. The fraction of sp³-hybridized carbons (Fsp3) is 0.647. The second-order valence-corrected chi connectivity index (χ2v) is 5.95. The second kappa shape index (κ2) is 6.59. The number of hydrogen-bond acceptors (Lipinski definition) is 3. The lowest BCUT2D eigenvalue weighted by Gasteiger charge is -2.28. The van der Waals surface area contributed by atoms with Crippen molar-refractivity contribution < 1.29 is 4.74 Å². The van der Waals surface area contributed by atoms with Gasteiger partial charge in [0.1, 0.15) is 5.75 Å². The van der Waals surface area contributed by atoms with Crippen LogP contribution in [0.1, 0.15) is 37.7 Å². The van der Waals surface area contributed by atoms with E-state index in [2.05, 4.69) is 41.4 Å². The van der Waals surface area contributed by atoms with Crippen LogP contribution in [0.25, 0.3) is 0 Å². The van der Waals surface area contributed by atoms with Gasteiger partial charge in [-0.1, -0.05) is 25.1 Å². The van der Waals surface area contributed by atoms with Crippen LogP contribution in [0.4, 0.5) is 0 Å². The van der Waals surface area contributed by atoms with Crippen LogP contribution in [0.5, 0.6) is 5.75 Å². The Bertz CT molecular complexity index is 435. The normalized spacial score (nSPS) is 26.2. The molecule has 3 heteroatoms. The minimum absolute atomic E-state index is 0.608. The molecule has 2 aliphatic rings. The van der Waals surface area contributed by atoms with E-state index in [1.165, 1.54) is 31.5 Å². The average molecular weight is 274 g/mol. The van der Waals surface area contributed by atoms with E-state index >= 15 is 0 Å². The molecule has 1 aromatic rings. The SMILES string of the molecule is CCN1CCCC1CNCC1CCOc2ccccc21. The Labute approximate surface area is 122 Å². The fourth-order valence-corrected chi connectivity index (χ4v) is 3.59. The van der Waals surface area contributed by atoms with Crippen LogP contribution in [-0.2, 0) is 0 Å². The van der Waals surface area contributed by atoms with Crippen LogP contribution in [0.2, 0.25) is 0 Å². The maximum atomic E-state index is 5.73. The second-order valence-electron chi connectivity index (χ2n) is 5.95. The molecule has 0 spiro atoms. The third kappa shape index (κ3) is 2.99. The number of hydrogen-bond donors (Lipinski definition) is 1. The molecule has 0 bridgehead atoms. The zero-order chi connectivity index (χ0) is 13.8. The highest BCUT2D eigenvalue weighted by molar-refractivity contribution is 5.37. The zero-order valence-electron chi connectivity index (χ0n) is 12.5. The lowest BCUT2D eigenvalue weighted by molar-refractivity contribution is 0.247. The molecule has 1 aromatic carbocycles. The smallest absolute Gasteiger partial charge is 0.122 e. The van der Waals surface area contributed by atoms with Crippen LogP contribution in [-0.4, -0.2) is 43.7 Å². The molecule has 1 N–H and O–H groups in total. The van der Waals surface area contributed by atoms with Gasteiger partial charge in [0.15, 0.2) is 0 Å². The molecule has 0 radical (unpaired) electrons. The van der Waals surface area contributed by atoms with Crippen molar-refractivity contribution in [2.75, 3.05) is 32.8 Å². The van der Waals surface area contributed by atoms with Crippen LogP contribution in [0.3, 0.4) is 0 Å². The van der Waals surface area contributed by atoms with Crippen LogP contribution in [0, 0.1) is 0 Å². The first-order valence-electron chi connectivity index (χ1n) is 8.05. The molecule has 1 saturated heterocycles. The molecular formula is C17H26N2O. The Hall–Kier alpha value is -1.06. The fourth-order valence-electron chi connectivity index (χ4n) is 3.59. The average Bonchev–Trinajstić information content (AvgIpc) is 2.95. The molecule has 0 saturated carbocycles. The number of likely N-dealkylation sites (N-methyl/N-ethyl adjacent to an activating group) is 1. The van der Waals surface area contributed by atoms with Crippen molar-refractivity contribution in [3.05, 3.63) is 29.8 Å². The highest BCUT2D eigenvalue weighted by atomic mass is 16.5. The van der Waals surface area contributed by atoms with Crippen molar-refractivity contribution in [3.63, 3.8) is 0 Å². The molecule has 2 unspecified atom stereocenters. The first-order chi connectivity index (χ1) is 9.88. The number of nitrogens with zero attached hydrogens (tertiary/aromatic N) is 1. The minimum atomic E-state index is 0.608. The van der Waals surface area contributed by atoms with Gasteiger partial charge in [0, 0.05) is 25.0 Å². The zero-order valence-corrected chi connectivity index (χ0v) is 12.5. The highest BCUT2D eigenvalue weighted by Crippen LogP contribution is 2.32. The third-order valence-electron chi connectivity index (χ3n) is 4.76. The molecule has 2 heterocycles. The number of rotatable bonds is 5. The summed E-state index contributed by atoms with van der Waals surface area (Å²) in [6.07, 6.45) is 3.84. The lowest BCUT2D eigenvalue weighted by Crippen LogP contribution is -2.39. The van der Waals surface area contributed by atoms with Gasteiger partial charge >= 0.3 is 0 Å². The van der Waals surface area contributed by atoms with Gasteiger partial charge in [-0.25, -0.2) is 0 Å². The van der Waals surface area contributed by atoms with Crippen molar-refractivity contribution in [3.8, 4) is 5.75 Å². The van der Waals surface area contributed by atoms with E-state index in [4.69, 9.17) is 4.74 Å². The van der Waals surface area contributed by atoms with E-state index in [0.717, 1.165) is 37.9 Å². The van der Waals surface area contributed by atoms with Crippen LogP contribution >= 0.6 is 0 Å². The highest BCUT2D eigenvalue weighted by Gasteiger charge is 2.24. The summed E-state index contributed by atoms with van der Waals surface area (Å²) < 4.78 is 5.73. The van der Waals surface area contributed by atoms with Gasteiger partial charge in [-0.05, 0) is 44.0 Å². The molecule has 0 aliphatic carbocycles. The van der Waals surface area contributed by atoms with Gasteiger partial charge in [0.05, 0.1) is 6.61 Å². The van der Waals surface area contributed by atoms with Gasteiger partial charge in [0.25, 0.3) is 0 Å². The maximum absolute atomic E-state index is 5.73. The van der Waals surface area contributed by atoms with E-state index < -0.39 is 0 Å². The summed E-state index contributed by atoms with van der Waals surface area (Å²) in [5.41, 5.74) is 1.38. The van der Waals surface area contributed by atoms with Crippen molar-refractivity contribution in [2.45, 2.75) is 38.1 Å². The molecule has 2 atom stereocenters. The standard InChI is InChI=1S/C17H26N2O/c1-2-19-10-5-6-15(19)13-18-12-14-9-11-20-17-8-4-3-7-16(14)17/h3-4,7-8,14-15,18H,2,5-6,9-13H2,1H3. The number of nitrogens with one attached hydrogen (secondary N) is 1. The summed E-state index contributed by atoms with van der Waals surface area (Å²) in [5, 5.41) is 3.71. The molecule has 1 fully saturated rings. The van der Waals surface area contributed by atoms with Crippen molar-refractivity contribution in [1.82, 2.24) is 10.2 Å². The minimum Gasteiger partial charge on any atom is -0.493 e. The first kappa shape index (κ1) is 13.9. The predicted octanol–water partition coefficient (Wildman–Crippen LogP) is 2.63. The summed E-state index contributed by atoms with van der Waals surface area (Å²) in [4.78, 5) is 2.60. The summed E-state index contributed by atoms with van der Waals surface area (Å²) in [6.45, 7) is 7.80. The van der Waals surface area contributed by atoms with Crippen LogP contribution < -0.4 is 10.1 Å². The number of fused-ring (bicyclic) bond motifs is 1. The largest absolute Gasteiger partial charge is 0.493 e. The van der Waals surface area contributed by atoms with E-state index in [1.54, 1.807) is 0 Å². The Balaban J connectivity index is 1.52. The molecule has 3 nitrogen and oxygen atoms in total. The summed E-state index contributed by atoms with van der Waals surface area (Å²) >= 11 is 0. The van der Waals surface area contributed by atoms with E-state index in [0.29, 0.717) is 5.92 Å². The van der Waals surface area contributed by atoms with Gasteiger partial charge in [-0.2, -0.15) is 0 Å². The maximum Gasteiger partial charge on any atom is 0.122 e. The first-order valence-corrected chi connectivity index (χ1v) is 8.05. The number of ether oxygens (including phenoxy) is 1. The van der Waals surface area contributed by atoms with E-state index in [-0.39, 0.29) is 0 Å². The molecular weight excluding hydrogens is 248 g/mol. The number of para-hydroxylation sites is 1. The number of benzene rings is 1. The van der Waals surface area contributed by atoms with Crippen molar-refractivity contribution in [2.24, 2.45) is 0 Å². The predicted molar refractivity (Wildman–Crippen MR) is 82.4 cm³/mol. The topological polar surface area (TPSA) is 24.5 Å². The van der Waals surface area contributed by atoms with Gasteiger partial charge < -0.3 is 10.1 Å². The van der Waals surface area contributed by atoms with Gasteiger partial charge in [-0.3, -0.25) is 4.90 Å².